The number of hydrogen-bond acceptors (Lipinski definition) is 6. The van der Waals surface area contributed by atoms with Crippen LogP contribution in [0.1, 0.15) is 6.92 Å². The summed E-state index contributed by atoms with van der Waals surface area (Å²) in [5.74, 6) is -0.758. The zero-order chi connectivity index (χ0) is 16.8. The van der Waals surface area contributed by atoms with Crippen LogP contribution in [0.5, 0.6) is 0 Å². The molecule has 0 bridgehead atoms. The van der Waals surface area contributed by atoms with Crippen LogP contribution in [0.25, 0.3) is 0 Å². The van der Waals surface area contributed by atoms with Crippen LogP contribution in [0.3, 0.4) is 0 Å². The molecule has 1 aromatic rings. The first-order valence-corrected chi connectivity index (χ1v) is 7.70. The van der Waals surface area contributed by atoms with Gasteiger partial charge in [-0.2, -0.15) is 4.31 Å². The second-order valence-electron chi connectivity index (χ2n) is 4.17. The van der Waals surface area contributed by atoms with Crippen molar-refractivity contribution in [1.82, 2.24) is 4.31 Å². The van der Waals surface area contributed by atoms with Gasteiger partial charge in [-0.3, -0.25) is 14.9 Å². The Bertz CT molecular complexity index is 684. The van der Waals surface area contributed by atoms with Crippen molar-refractivity contribution in [2.75, 3.05) is 20.2 Å². The lowest BCUT2D eigenvalue weighted by Gasteiger charge is -2.19. The predicted octanol–water partition coefficient (Wildman–Crippen LogP) is 1.33. The fourth-order valence-electron chi connectivity index (χ4n) is 1.64. The molecule has 120 valence electrons. The molecule has 0 heterocycles. The molecule has 0 radical (unpaired) electrons. The van der Waals surface area contributed by atoms with E-state index >= 15 is 0 Å². The van der Waals surface area contributed by atoms with Gasteiger partial charge in [-0.05, 0) is 13.0 Å². The summed E-state index contributed by atoms with van der Waals surface area (Å²) in [6.07, 6.45) is 3.13. The number of benzene rings is 1. The number of para-hydroxylation sites is 1. The lowest BCUT2D eigenvalue weighted by atomic mass is 10.3. The Hall–Kier alpha value is -2.26. The van der Waals surface area contributed by atoms with Gasteiger partial charge < -0.3 is 4.74 Å². The molecule has 8 nitrogen and oxygen atoms in total. The number of allylic oxidation sites excluding steroid dienone is 1. The number of carbonyl (C=O) groups excluding carboxylic acids is 1. The lowest BCUT2D eigenvalue weighted by Crippen LogP contribution is -2.36. The maximum Gasteiger partial charge on any atom is 0.321 e. The number of hydrogen-bond donors (Lipinski definition) is 0. The van der Waals surface area contributed by atoms with Gasteiger partial charge in [0.05, 0.1) is 12.0 Å². The van der Waals surface area contributed by atoms with Gasteiger partial charge in [-0.25, -0.2) is 8.42 Å². The number of nitro groups is 1. The highest BCUT2D eigenvalue weighted by Gasteiger charge is 2.32. The van der Waals surface area contributed by atoms with Crippen molar-refractivity contribution in [3.8, 4) is 0 Å². The van der Waals surface area contributed by atoms with E-state index in [4.69, 9.17) is 0 Å². The Morgan fingerprint density at radius 2 is 2.05 bits per heavy atom. The topological polar surface area (TPSA) is 107 Å². The predicted molar refractivity (Wildman–Crippen MR) is 78.7 cm³/mol. The first kappa shape index (κ1) is 17.8. The molecular formula is C13H16N2O6S. The van der Waals surface area contributed by atoms with Crippen LogP contribution >= 0.6 is 0 Å². The van der Waals surface area contributed by atoms with E-state index in [1.807, 2.05) is 0 Å². The molecule has 0 aliphatic rings. The summed E-state index contributed by atoms with van der Waals surface area (Å²) < 4.78 is 30.5. The molecule has 0 saturated heterocycles. The molecule has 0 fully saturated rings. The fraction of sp³-hybridized carbons (Fsp3) is 0.308. The quantitative estimate of drug-likeness (QED) is 0.323. The molecule has 1 aromatic carbocycles. The van der Waals surface area contributed by atoms with Crippen LogP contribution in [-0.4, -0.2) is 43.8 Å². The van der Waals surface area contributed by atoms with E-state index in [1.165, 1.54) is 18.2 Å². The molecule has 1 rings (SSSR count). The van der Waals surface area contributed by atoms with Gasteiger partial charge >= 0.3 is 5.97 Å². The molecule has 0 aliphatic heterocycles. The largest absolute Gasteiger partial charge is 0.468 e. The molecule has 0 aromatic heterocycles. The molecule has 0 N–H and O–H groups in total. The normalized spacial score (nSPS) is 11.8. The average Bonchev–Trinajstić information content (AvgIpc) is 2.50. The summed E-state index contributed by atoms with van der Waals surface area (Å²) in [6, 6.07) is 4.98. The SMILES string of the molecule is C/C=C/CN(CC(=O)OC)S(=O)(=O)c1ccccc1[N+](=O)[O-]. The van der Waals surface area contributed by atoms with Crippen molar-refractivity contribution >= 4 is 21.7 Å². The molecule has 0 unspecified atom stereocenters. The van der Waals surface area contributed by atoms with Gasteiger partial charge in [-0.1, -0.05) is 24.3 Å². The van der Waals surface area contributed by atoms with Crippen LogP contribution in [0, 0.1) is 10.1 Å². The maximum absolute atomic E-state index is 12.6. The highest BCUT2D eigenvalue weighted by atomic mass is 32.2. The molecule has 22 heavy (non-hydrogen) atoms. The van der Waals surface area contributed by atoms with E-state index in [0.29, 0.717) is 0 Å². The highest BCUT2D eigenvalue weighted by Crippen LogP contribution is 2.26. The summed E-state index contributed by atoms with van der Waals surface area (Å²) in [4.78, 5) is 21.2. The first-order valence-electron chi connectivity index (χ1n) is 6.26. The van der Waals surface area contributed by atoms with Crippen LogP contribution in [0.2, 0.25) is 0 Å². The molecule has 0 aliphatic carbocycles. The van der Waals surface area contributed by atoms with E-state index in [2.05, 4.69) is 4.74 Å². The van der Waals surface area contributed by atoms with Crippen LogP contribution in [0.4, 0.5) is 5.69 Å². The van der Waals surface area contributed by atoms with E-state index in [-0.39, 0.29) is 6.54 Å². The maximum atomic E-state index is 12.6. The van der Waals surface area contributed by atoms with Crippen molar-refractivity contribution in [2.45, 2.75) is 11.8 Å². The Morgan fingerprint density at radius 3 is 2.59 bits per heavy atom. The smallest absolute Gasteiger partial charge is 0.321 e. The fourth-order valence-corrected chi connectivity index (χ4v) is 3.14. The van der Waals surface area contributed by atoms with Gasteiger partial charge in [0.25, 0.3) is 15.7 Å². The summed E-state index contributed by atoms with van der Waals surface area (Å²) >= 11 is 0. The van der Waals surface area contributed by atoms with E-state index < -0.39 is 38.0 Å². The molecule has 0 spiro atoms. The van der Waals surface area contributed by atoms with Crippen molar-refractivity contribution in [1.29, 1.82) is 0 Å². The van der Waals surface area contributed by atoms with Gasteiger partial charge in [0.1, 0.15) is 6.54 Å². The van der Waals surface area contributed by atoms with Crippen LogP contribution in [0.15, 0.2) is 41.3 Å². The number of nitro benzene ring substituents is 1. The number of sulfonamides is 1. The number of nitrogens with zero attached hydrogens (tertiary/aromatic N) is 2. The van der Waals surface area contributed by atoms with E-state index in [9.17, 15) is 23.3 Å². The molecule has 0 amide bonds. The second kappa shape index (κ2) is 7.66. The third-order valence-electron chi connectivity index (χ3n) is 2.76. The minimum atomic E-state index is -4.21. The van der Waals surface area contributed by atoms with Gasteiger partial charge in [0, 0.05) is 12.6 Å². The highest BCUT2D eigenvalue weighted by molar-refractivity contribution is 7.89. The third kappa shape index (κ3) is 4.12. The van der Waals surface area contributed by atoms with Gasteiger partial charge in [-0.15, -0.1) is 0 Å². The number of esters is 1. The number of carbonyl (C=O) groups is 1. The van der Waals surface area contributed by atoms with Crippen molar-refractivity contribution in [3.63, 3.8) is 0 Å². The summed E-state index contributed by atoms with van der Waals surface area (Å²) in [6.45, 7) is 1.06. The van der Waals surface area contributed by atoms with Crippen LogP contribution < -0.4 is 0 Å². The van der Waals surface area contributed by atoms with Gasteiger partial charge in [0.2, 0.25) is 0 Å². The summed E-state index contributed by atoms with van der Waals surface area (Å²) in [5.41, 5.74) is -0.544. The lowest BCUT2D eigenvalue weighted by molar-refractivity contribution is -0.387. The standard InChI is InChI=1S/C13H16N2O6S/c1-3-4-9-14(10-13(16)21-2)22(19,20)12-8-6-5-7-11(12)15(17)18/h3-8H,9-10H2,1-2H3/b4-3+. The zero-order valence-electron chi connectivity index (χ0n) is 12.1. The Morgan fingerprint density at radius 1 is 1.41 bits per heavy atom. The summed E-state index contributed by atoms with van der Waals surface area (Å²) in [7, 11) is -3.08. The van der Waals surface area contributed by atoms with E-state index in [1.54, 1.807) is 13.0 Å². The van der Waals surface area contributed by atoms with Crippen molar-refractivity contribution in [3.05, 3.63) is 46.5 Å². The van der Waals surface area contributed by atoms with Crippen molar-refractivity contribution in [2.24, 2.45) is 0 Å². The molecular weight excluding hydrogens is 312 g/mol. The third-order valence-corrected chi connectivity index (χ3v) is 4.62. The Balaban J connectivity index is 3.32. The monoisotopic (exact) mass is 328 g/mol. The Labute approximate surface area is 128 Å². The van der Waals surface area contributed by atoms with Crippen LogP contribution in [-0.2, 0) is 19.6 Å². The van der Waals surface area contributed by atoms with Gasteiger partial charge in [0.15, 0.2) is 4.90 Å². The molecule has 9 heteroatoms. The molecule has 0 atom stereocenters. The first-order chi connectivity index (χ1) is 10.3. The van der Waals surface area contributed by atoms with E-state index in [0.717, 1.165) is 23.5 Å². The Kier molecular flexibility index (Phi) is 6.20. The minimum absolute atomic E-state index is 0.0972. The minimum Gasteiger partial charge on any atom is -0.468 e. The number of rotatable bonds is 7. The second-order valence-corrected chi connectivity index (χ2v) is 6.07. The summed E-state index contributed by atoms with van der Waals surface area (Å²) in [5, 5.41) is 11.0. The average molecular weight is 328 g/mol. The number of methoxy groups -OCH3 is 1. The zero-order valence-corrected chi connectivity index (χ0v) is 12.9. The number of ether oxygens (including phenoxy) is 1. The molecule has 0 saturated carbocycles. The van der Waals surface area contributed by atoms with Crippen molar-refractivity contribution < 1.29 is 22.9 Å².